The molecule has 2 aromatic rings. The molecule has 1 amide bonds. The van der Waals surface area contributed by atoms with Crippen LogP contribution in [0.25, 0.3) is 0 Å². The minimum Gasteiger partial charge on any atom is -0.462 e. The number of carbonyl (C=O) groups excluding carboxylic acids is 2. The summed E-state index contributed by atoms with van der Waals surface area (Å²) in [5, 5.41) is 3.15. The Morgan fingerprint density at radius 2 is 1.94 bits per heavy atom. The summed E-state index contributed by atoms with van der Waals surface area (Å²) in [5.74, 6) is -0.114. The minimum absolute atomic E-state index is 0.0534. The second kappa shape index (κ2) is 8.99. The quantitative estimate of drug-likeness (QED) is 0.607. The van der Waals surface area contributed by atoms with Gasteiger partial charge in [-0.05, 0) is 50.3 Å². The number of thiophene rings is 1. The monoisotopic (exact) mass is 480 g/mol. The van der Waals surface area contributed by atoms with Crippen LogP contribution in [0, 0.1) is 0 Å². The maximum absolute atomic E-state index is 12.9. The zero-order valence-corrected chi connectivity index (χ0v) is 19.4. The van der Waals surface area contributed by atoms with E-state index in [9.17, 15) is 18.0 Å². The average Bonchev–Trinajstić information content (AvgIpc) is 3.34. The first-order chi connectivity index (χ1) is 15.3. The smallest absolute Gasteiger partial charge is 0.341 e. The Hall–Kier alpha value is -2.79. The van der Waals surface area contributed by atoms with Crippen molar-refractivity contribution in [3.05, 3.63) is 34.2 Å². The number of amides is 1. The predicted molar refractivity (Wildman–Crippen MR) is 120 cm³/mol. The lowest BCUT2D eigenvalue weighted by Gasteiger charge is -2.22. The third-order valence-corrected chi connectivity index (χ3v) is 7.58. The first-order valence-electron chi connectivity index (χ1n) is 10.3. The van der Waals surface area contributed by atoms with Crippen molar-refractivity contribution in [1.29, 1.82) is 0 Å². The van der Waals surface area contributed by atoms with E-state index in [1.165, 1.54) is 17.4 Å². The Balaban J connectivity index is 1.59. The number of hydrogen-bond acceptors (Lipinski definition) is 8. The maximum atomic E-state index is 12.9. The fourth-order valence-electron chi connectivity index (χ4n) is 3.81. The highest BCUT2D eigenvalue weighted by Crippen LogP contribution is 2.39. The number of anilines is 2. The molecule has 0 radical (unpaired) electrons. The summed E-state index contributed by atoms with van der Waals surface area (Å²) in [7, 11) is -3.77. The van der Waals surface area contributed by atoms with E-state index in [0.717, 1.165) is 46.7 Å². The van der Waals surface area contributed by atoms with Gasteiger partial charge in [-0.2, -0.15) is 0 Å². The average molecular weight is 481 g/mol. The van der Waals surface area contributed by atoms with Gasteiger partial charge in [-0.1, -0.05) is 0 Å². The summed E-state index contributed by atoms with van der Waals surface area (Å²) in [6.07, 6.45) is 4.61. The van der Waals surface area contributed by atoms with Crippen molar-refractivity contribution in [3.63, 3.8) is 0 Å². The molecule has 4 rings (SSSR count). The third-order valence-electron chi connectivity index (χ3n) is 5.24. The van der Waals surface area contributed by atoms with Gasteiger partial charge in [-0.25, -0.2) is 13.2 Å². The van der Waals surface area contributed by atoms with Gasteiger partial charge < -0.3 is 19.5 Å². The molecule has 1 aliphatic heterocycles. The molecule has 2 aliphatic rings. The second-order valence-electron chi connectivity index (χ2n) is 7.49. The summed E-state index contributed by atoms with van der Waals surface area (Å²) in [4.78, 5) is 26.6. The van der Waals surface area contributed by atoms with Crippen LogP contribution in [0.15, 0.2) is 18.2 Å². The van der Waals surface area contributed by atoms with Gasteiger partial charge in [0, 0.05) is 10.9 Å². The Labute approximate surface area is 190 Å². The molecule has 1 aliphatic carbocycles. The van der Waals surface area contributed by atoms with Crippen LogP contribution in [0.2, 0.25) is 0 Å². The van der Waals surface area contributed by atoms with E-state index >= 15 is 0 Å². The Bertz CT molecular complexity index is 1160. The van der Waals surface area contributed by atoms with Gasteiger partial charge in [0.25, 0.3) is 0 Å². The number of benzene rings is 1. The lowest BCUT2D eigenvalue weighted by Crippen LogP contribution is -2.37. The summed E-state index contributed by atoms with van der Waals surface area (Å²) in [6.45, 7) is 1.55. The Kier molecular flexibility index (Phi) is 6.29. The number of nitrogens with zero attached hydrogens (tertiary/aromatic N) is 1. The minimum atomic E-state index is -3.77. The maximum Gasteiger partial charge on any atom is 0.341 e. The Morgan fingerprint density at radius 1 is 1.19 bits per heavy atom. The van der Waals surface area contributed by atoms with Crippen molar-refractivity contribution in [2.45, 2.75) is 32.6 Å². The third kappa shape index (κ3) is 4.53. The highest BCUT2D eigenvalue weighted by molar-refractivity contribution is 7.92. The summed E-state index contributed by atoms with van der Waals surface area (Å²) in [6, 6.07) is 4.67. The molecule has 0 spiro atoms. The molecule has 172 valence electrons. The van der Waals surface area contributed by atoms with E-state index < -0.39 is 28.4 Å². The topological polar surface area (TPSA) is 111 Å². The van der Waals surface area contributed by atoms with Crippen LogP contribution in [0.4, 0.5) is 10.7 Å². The molecule has 11 heteroatoms. The second-order valence-corrected chi connectivity index (χ2v) is 10.5. The first kappa shape index (κ1) is 22.4. The molecular weight excluding hydrogens is 456 g/mol. The van der Waals surface area contributed by atoms with Gasteiger partial charge in [-0.15, -0.1) is 11.3 Å². The number of carbonyl (C=O) groups is 2. The van der Waals surface area contributed by atoms with Gasteiger partial charge in [-0.3, -0.25) is 9.10 Å². The molecule has 0 saturated heterocycles. The predicted octanol–water partition coefficient (Wildman–Crippen LogP) is 2.94. The molecule has 0 saturated carbocycles. The number of rotatable bonds is 7. The molecule has 0 atom stereocenters. The number of hydrogen-bond donors (Lipinski definition) is 1. The molecule has 32 heavy (non-hydrogen) atoms. The van der Waals surface area contributed by atoms with Gasteiger partial charge >= 0.3 is 5.97 Å². The van der Waals surface area contributed by atoms with Crippen LogP contribution in [0.3, 0.4) is 0 Å². The molecule has 0 fully saturated rings. The lowest BCUT2D eigenvalue weighted by molar-refractivity contribution is -0.114. The van der Waals surface area contributed by atoms with Crippen LogP contribution in [-0.4, -0.2) is 46.5 Å². The van der Waals surface area contributed by atoms with Crippen molar-refractivity contribution < 1.29 is 32.2 Å². The lowest BCUT2D eigenvalue weighted by atomic mass is 9.95. The van der Waals surface area contributed by atoms with E-state index in [2.05, 4.69) is 5.32 Å². The number of aryl methyl sites for hydroxylation is 1. The van der Waals surface area contributed by atoms with Crippen molar-refractivity contribution in [2.24, 2.45) is 0 Å². The normalized spacial score (nSPS) is 14.6. The van der Waals surface area contributed by atoms with Crippen LogP contribution in [0.5, 0.6) is 11.5 Å². The molecular formula is C21H24N2O7S2. The summed E-state index contributed by atoms with van der Waals surface area (Å²) >= 11 is 1.35. The van der Waals surface area contributed by atoms with Gasteiger partial charge in [0.15, 0.2) is 11.5 Å². The van der Waals surface area contributed by atoms with Crippen molar-refractivity contribution in [1.82, 2.24) is 0 Å². The molecule has 1 N–H and O–H groups in total. The number of fused-ring (bicyclic) bond motifs is 2. The highest BCUT2D eigenvalue weighted by Gasteiger charge is 2.29. The van der Waals surface area contributed by atoms with Crippen LogP contribution >= 0.6 is 11.3 Å². The molecule has 2 heterocycles. The molecule has 0 unspecified atom stereocenters. The zero-order valence-electron chi connectivity index (χ0n) is 17.8. The van der Waals surface area contributed by atoms with E-state index in [1.54, 1.807) is 19.1 Å². The van der Waals surface area contributed by atoms with Gasteiger partial charge in [0.05, 0.1) is 24.1 Å². The molecule has 1 aromatic carbocycles. The Morgan fingerprint density at radius 3 is 2.69 bits per heavy atom. The van der Waals surface area contributed by atoms with Crippen molar-refractivity contribution in [3.8, 4) is 11.5 Å². The largest absolute Gasteiger partial charge is 0.462 e. The summed E-state index contributed by atoms with van der Waals surface area (Å²) < 4.78 is 41.7. The van der Waals surface area contributed by atoms with Crippen LogP contribution in [-0.2, 0) is 32.4 Å². The SMILES string of the molecule is CCOC(=O)c1c(NC(=O)CN(c2ccc3c(c2)OCO3)S(C)(=O)=O)sc2c1CCCC2. The van der Waals surface area contributed by atoms with Gasteiger partial charge in [0.2, 0.25) is 22.7 Å². The van der Waals surface area contributed by atoms with E-state index in [0.29, 0.717) is 22.1 Å². The molecule has 0 bridgehead atoms. The highest BCUT2D eigenvalue weighted by atomic mass is 32.2. The van der Waals surface area contributed by atoms with Crippen LogP contribution < -0.4 is 19.1 Å². The van der Waals surface area contributed by atoms with Crippen LogP contribution in [0.1, 0.15) is 40.6 Å². The fourth-order valence-corrected chi connectivity index (χ4v) is 5.95. The van der Waals surface area contributed by atoms with E-state index in [1.807, 2.05) is 0 Å². The standard InChI is InChI=1S/C21H24N2O7S2/c1-3-28-21(25)19-14-6-4-5-7-17(14)31-20(19)22-18(24)11-23(32(2,26)27)13-8-9-15-16(10-13)30-12-29-15/h8-10H,3-7,11-12H2,1-2H3,(H,22,24). The number of esters is 1. The summed E-state index contributed by atoms with van der Waals surface area (Å²) in [5.41, 5.74) is 1.59. The number of ether oxygens (including phenoxy) is 3. The zero-order chi connectivity index (χ0) is 22.9. The number of sulfonamides is 1. The molecule has 1 aromatic heterocycles. The van der Waals surface area contributed by atoms with E-state index in [-0.39, 0.29) is 19.1 Å². The molecule has 9 nitrogen and oxygen atoms in total. The van der Waals surface area contributed by atoms with Gasteiger partial charge in [0.1, 0.15) is 11.5 Å². The van der Waals surface area contributed by atoms with Crippen molar-refractivity contribution in [2.75, 3.05) is 35.8 Å². The van der Waals surface area contributed by atoms with E-state index in [4.69, 9.17) is 14.2 Å². The first-order valence-corrected chi connectivity index (χ1v) is 12.9. The van der Waals surface area contributed by atoms with Crippen molar-refractivity contribution >= 4 is 43.9 Å². The fraction of sp³-hybridized carbons (Fsp3) is 0.429. The number of nitrogens with one attached hydrogen (secondary N) is 1.